The van der Waals surface area contributed by atoms with Crippen molar-refractivity contribution in [3.05, 3.63) is 59.7 Å². The second-order valence-electron chi connectivity index (χ2n) is 9.34. The Balaban J connectivity index is 1.23. The molecule has 3 aliphatic rings. The van der Waals surface area contributed by atoms with Gasteiger partial charge in [0.05, 0.1) is 12.0 Å². The van der Waals surface area contributed by atoms with Crippen molar-refractivity contribution in [1.29, 1.82) is 0 Å². The minimum Gasteiger partial charge on any atom is -0.480 e. The molecule has 5 rings (SSSR count). The van der Waals surface area contributed by atoms with E-state index in [1.54, 1.807) is 0 Å². The van der Waals surface area contributed by atoms with Gasteiger partial charge >= 0.3 is 12.1 Å². The van der Waals surface area contributed by atoms with Gasteiger partial charge in [-0.3, -0.25) is 4.79 Å². The van der Waals surface area contributed by atoms with Gasteiger partial charge in [0.1, 0.15) is 12.6 Å². The SMILES string of the molecule is O=C(NC1(CC(=O)N2CCC[C@@H]2C(=O)O)CCC1)OCC1c2ccccc2-c2ccccc21. The van der Waals surface area contributed by atoms with Crippen molar-refractivity contribution >= 4 is 18.0 Å². The van der Waals surface area contributed by atoms with Gasteiger partial charge in [0.15, 0.2) is 0 Å². The Morgan fingerprint density at radius 3 is 2.21 bits per heavy atom. The molecule has 0 unspecified atom stereocenters. The Morgan fingerprint density at radius 1 is 1.00 bits per heavy atom. The minimum atomic E-state index is -0.965. The normalized spacial score (nSPS) is 20.5. The molecule has 2 N–H and O–H groups in total. The fraction of sp³-hybridized carbons (Fsp3) is 0.423. The zero-order valence-corrected chi connectivity index (χ0v) is 18.5. The molecular weight excluding hydrogens is 420 g/mol. The lowest BCUT2D eigenvalue weighted by Crippen LogP contribution is -2.57. The first-order valence-electron chi connectivity index (χ1n) is 11.6. The predicted molar refractivity (Wildman–Crippen MR) is 122 cm³/mol. The summed E-state index contributed by atoms with van der Waals surface area (Å²) in [5.74, 6) is -1.20. The molecule has 7 heteroatoms. The van der Waals surface area contributed by atoms with Crippen LogP contribution >= 0.6 is 0 Å². The summed E-state index contributed by atoms with van der Waals surface area (Å²) in [4.78, 5) is 38.5. The Bertz CT molecular complexity index is 1050. The van der Waals surface area contributed by atoms with Crippen LogP contribution in [0.5, 0.6) is 0 Å². The molecule has 2 aromatic rings. The van der Waals surface area contributed by atoms with E-state index in [-0.39, 0.29) is 24.9 Å². The molecule has 172 valence electrons. The van der Waals surface area contributed by atoms with Crippen molar-refractivity contribution in [3.8, 4) is 11.1 Å². The van der Waals surface area contributed by atoms with Crippen LogP contribution in [0.4, 0.5) is 4.79 Å². The van der Waals surface area contributed by atoms with E-state index >= 15 is 0 Å². The average Bonchev–Trinajstić information content (AvgIpc) is 3.40. The molecule has 0 radical (unpaired) electrons. The average molecular weight is 449 g/mol. The van der Waals surface area contributed by atoms with E-state index < -0.39 is 23.6 Å². The lowest BCUT2D eigenvalue weighted by Gasteiger charge is -2.42. The number of aliphatic carboxylic acids is 1. The standard InChI is InChI=1S/C26H28N2O5/c29-23(28-14-5-11-22(28)24(30)31)15-26(12-6-13-26)27-25(32)33-16-21-19-9-3-1-7-17(19)18-8-2-4-10-20(18)21/h1-4,7-10,21-22H,5-6,11-16H2,(H,27,32)(H,30,31)/t22-/m1/s1. The summed E-state index contributed by atoms with van der Waals surface area (Å²) in [6, 6.07) is 15.6. The molecule has 2 amide bonds. The maximum atomic E-state index is 12.9. The number of likely N-dealkylation sites (tertiary alicyclic amines) is 1. The molecule has 1 saturated heterocycles. The minimum absolute atomic E-state index is 0.0250. The number of hydrogen-bond donors (Lipinski definition) is 2. The van der Waals surface area contributed by atoms with Gasteiger partial charge in [-0.2, -0.15) is 0 Å². The maximum absolute atomic E-state index is 12.9. The summed E-state index contributed by atoms with van der Waals surface area (Å²) >= 11 is 0. The molecule has 2 fully saturated rings. The monoisotopic (exact) mass is 448 g/mol. The molecule has 7 nitrogen and oxygen atoms in total. The lowest BCUT2D eigenvalue weighted by molar-refractivity contribution is -0.149. The maximum Gasteiger partial charge on any atom is 0.407 e. The van der Waals surface area contributed by atoms with Crippen molar-refractivity contribution in [2.45, 2.75) is 56.0 Å². The number of amides is 2. The number of carbonyl (C=O) groups is 3. The number of rotatable bonds is 6. The van der Waals surface area contributed by atoms with E-state index in [2.05, 4.69) is 29.6 Å². The van der Waals surface area contributed by atoms with E-state index in [1.165, 1.54) is 16.0 Å². The summed E-state index contributed by atoms with van der Waals surface area (Å²) in [6.45, 7) is 0.675. The van der Waals surface area contributed by atoms with Crippen LogP contribution in [0, 0.1) is 0 Å². The fourth-order valence-corrected chi connectivity index (χ4v) is 5.51. The van der Waals surface area contributed by atoms with Gasteiger partial charge in [-0.1, -0.05) is 48.5 Å². The van der Waals surface area contributed by atoms with E-state index in [4.69, 9.17) is 4.74 Å². The number of nitrogens with zero attached hydrogens (tertiary/aromatic N) is 1. The highest BCUT2D eigenvalue weighted by Gasteiger charge is 2.44. The van der Waals surface area contributed by atoms with Gasteiger partial charge in [-0.25, -0.2) is 9.59 Å². The Labute approximate surface area is 192 Å². The van der Waals surface area contributed by atoms with Crippen molar-refractivity contribution in [3.63, 3.8) is 0 Å². The van der Waals surface area contributed by atoms with Crippen molar-refractivity contribution in [2.75, 3.05) is 13.2 Å². The van der Waals surface area contributed by atoms with Crippen LogP contribution in [0.25, 0.3) is 11.1 Å². The molecule has 1 aliphatic heterocycles. The first-order valence-corrected chi connectivity index (χ1v) is 11.6. The second-order valence-corrected chi connectivity index (χ2v) is 9.34. The highest BCUT2D eigenvalue weighted by Crippen LogP contribution is 2.44. The largest absolute Gasteiger partial charge is 0.480 e. The lowest BCUT2D eigenvalue weighted by atomic mass is 9.74. The van der Waals surface area contributed by atoms with Gasteiger partial charge in [0.2, 0.25) is 5.91 Å². The van der Waals surface area contributed by atoms with E-state index in [0.717, 1.165) is 17.5 Å². The molecular formula is C26H28N2O5. The molecule has 33 heavy (non-hydrogen) atoms. The first kappa shape index (κ1) is 21.5. The van der Waals surface area contributed by atoms with Crippen LogP contribution in [-0.4, -0.2) is 52.7 Å². The molecule has 1 saturated carbocycles. The third kappa shape index (κ3) is 3.96. The van der Waals surface area contributed by atoms with Crippen LogP contribution in [0.2, 0.25) is 0 Å². The van der Waals surface area contributed by atoms with Gasteiger partial charge in [0.25, 0.3) is 0 Å². The number of benzene rings is 2. The summed E-state index contributed by atoms with van der Waals surface area (Å²) in [5.41, 5.74) is 3.98. The van der Waals surface area contributed by atoms with E-state index in [9.17, 15) is 19.5 Å². The molecule has 0 bridgehead atoms. The quantitative estimate of drug-likeness (QED) is 0.699. The third-order valence-corrected chi connectivity index (χ3v) is 7.37. The van der Waals surface area contributed by atoms with Gasteiger partial charge in [0, 0.05) is 12.5 Å². The number of hydrogen-bond acceptors (Lipinski definition) is 4. The number of carbonyl (C=O) groups excluding carboxylic acids is 2. The molecule has 1 atom stereocenters. The molecule has 0 spiro atoms. The second kappa shape index (κ2) is 8.54. The molecule has 1 heterocycles. The van der Waals surface area contributed by atoms with Gasteiger partial charge < -0.3 is 20.1 Å². The Hall–Kier alpha value is -3.35. The molecule has 0 aromatic heterocycles. The number of nitrogens with one attached hydrogen (secondary N) is 1. The van der Waals surface area contributed by atoms with Gasteiger partial charge in [-0.15, -0.1) is 0 Å². The van der Waals surface area contributed by atoms with Crippen LogP contribution in [0.3, 0.4) is 0 Å². The van der Waals surface area contributed by atoms with Crippen molar-refractivity contribution < 1.29 is 24.2 Å². The highest BCUT2D eigenvalue weighted by atomic mass is 16.5. The van der Waals surface area contributed by atoms with Crippen molar-refractivity contribution in [1.82, 2.24) is 10.2 Å². The number of ether oxygens (including phenoxy) is 1. The zero-order valence-electron chi connectivity index (χ0n) is 18.5. The molecule has 2 aromatic carbocycles. The van der Waals surface area contributed by atoms with Gasteiger partial charge in [-0.05, 0) is 54.4 Å². The van der Waals surface area contributed by atoms with Crippen LogP contribution < -0.4 is 5.32 Å². The van der Waals surface area contributed by atoms with E-state index in [1.807, 2.05) is 24.3 Å². The number of alkyl carbamates (subject to hydrolysis) is 1. The predicted octanol–water partition coefficient (Wildman–Crippen LogP) is 3.91. The summed E-state index contributed by atoms with van der Waals surface area (Å²) in [5, 5.41) is 12.3. The van der Waals surface area contributed by atoms with Crippen molar-refractivity contribution in [2.24, 2.45) is 0 Å². The fourth-order valence-electron chi connectivity index (χ4n) is 5.51. The smallest absolute Gasteiger partial charge is 0.407 e. The van der Waals surface area contributed by atoms with Crippen LogP contribution in [0.15, 0.2) is 48.5 Å². The highest BCUT2D eigenvalue weighted by molar-refractivity contribution is 5.85. The number of carboxylic acids is 1. The topological polar surface area (TPSA) is 95.9 Å². The first-order chi connectivity index (χ1) is 16.0. The third-order valence-electron chi connectivity index (χ3n) is 7.37. The van der Waals surface area contributed by atoms with E-state index in [0.29, 0.717) is 32.2 Å². The van der Waals surface area contributed by atoms with Crippen LogP contribution in [-0.2, 0) is 14.3 Å². The van der Waals surface area contributed by atoms with Crippen LogP contribution in [0.1, 0.15) is 55.6 Å². The number of fused-ring (bicyclic) bond motifs is 3. The zero-order chi connectivity index (χ0) is 23.0. The number of carboxylic acid groups (broad SMARTS) is 1. The Kier molecular flexibility index (Phi) is 5.56. The molecule has 2 aliphatic carbocycles. The summed E-state index contributed by atoms with van der Waals surface area (Å²) < 4.78 is 5.67. The Morgan fingerprint density at radius 2 is 1.64 bits per heavy atom. The summed E-state index contributed by atoms with van der Waals surface area (Å²) in [6.07, 6.45) is 3.05. The summed E-state index contributed by atoms with van der Waals surface area (Å²) in [7, 11) is 0.